The number of nitrogens with one attached hydrogen (secondary N) is 1. The highest BCUT2D eigenvalue weighted by atomic mass is 19.1. The third-order valence-corrected chi connectivity index (χ3v) is 5.24. The molecule has 0 bridgehead atoms. The number of nitrogens with zero attached hydrogens (tertiary/aromatic N) is 1. The standard InChI is InChI=1S/C20H19FN2O3/c21-17-6-5-15(14-7-9-22-11-16(14)17)19(24)23-10-8-12-3-1-2-4-13(12)18(23)20(25)26/h1-6,18,22H,7-11H2,(H,25,26). The predicted octanol–water partition coefficient (Wildman–Crippen LogP) is 2.30. The van der Waals surface area contributed by atoms with E-state index in [1.54, 1.807) is 12.1 Å². The molecule has 2 aliphatic heterocycles. The summed E-state index contributed by atoms with van der Waals surface area (Å²) in [5.74, 6) is -1.73. The van der Waals surface area contributed by atoms with Crippen molar-refractivity contribution in [1.82, 2.24) is 10.2 Å². The first-order valence-corrected chi connectivity index (χ1v) is 8.70. The number of carbonyl (C=O) groups is 2. The molecule has 1 atom stereocenters. The molecule has 2 heterocycles. The molecule has 1 unspecified atom stereocenters. The number of aliphatic carboxylic acids is 1. The fourth-order valence-corrected chi connectivity index (χ4v) is 3.97. The monoisotopic (exact) mass is 354 g/mol. The SMILES string of the molecule is O=C(O)C1c2ccccc2CCN1C(=O)c1ccc(F)c2c1CCNC2. The summed E-state index contributed by atoms with van der Waals surface area (Å²) in [5.41, 5.74) is 3.21. The Kier molecular flexibility index (Phi) is 4.20. The van der Waals surface area contributed by atoms with Crippen LogP contribution in [0, 0.1) is 5.82 Å². The average molecular weight is 354 g/mol. The van der Waals surface area contributed by atoms with E-state index in [1.165, 1.54) is 17.0 Å². The summed E-state index contributed by atoms with van der Waals surface area (Å²) in [6, 6.07) is 9.09. The molecule has 4 rings (SSSR count). The van der Waals surface area contributed by atoms with Gasteiger partial charge >= 0.3 is 5.97 Å². The Morgan fingerprint density at radius 2 is 1.92 bits per heavy atom. The summed E-state index contributed by atoms with van der Waals surface area (Å²) in [7, 11) is 0. The van der Waals surface area contributed by atoms with E-state index in [9.17, 15) is 19.1 Å². The molecule has 2 aromatic rings. The zero-order valence-electron chi connectivity index (χ0n) is 14.2. The summed E-state index contributed by atoms with van der Waals surface area (Å²) < 4.78 is 14.1. The van der Waals surface area contributed by atoms with Crippen molar-refractivity contribution in [2.24, 2.45) is 0 Å². The number of carboxylic acid groups (broad SMARTS) is 1. The van der Waals surface area contributed by atoms with Gasteiger partial charge in [-0.05, 0) is 48.2 Å². The lowest BCUT2D eigenvalue weighted by molar-refractivity contribution is -0.143. The Balaban J connectivity index is 1.76. The summed E-state index contributed by atoms with van der Waals surface area (Å²) in [6.45, 7) is 1.38. The molecule has 0 aromatic heterocycles. The number of halogens is 1. The summed E-state index contributed by atoms with van der Waals surface area (Å²) >= 11 is 0. The molecule has 5 nitrogen and oxygen atoms in total. The van der Waals surface area contributed by atoms with E-state index in [0.717, 1.165) is 5.56 Å². The van der Waals surface area contributed by atoms with Gasteiger partial charge in [0.2, 0.25) is 0 Å². The minimum Gasteiger partial charge on any atom is -0.479 e. The van der Waals surface area contributed by atoms with E-state index in [1.807, 2.05) is 12.1 Å². The maximum absolute atomic E-state index is 14.1. The number of carbonyl (C=O) groups excluding carboxylic acids is 1. The average Bonchev–Trinajstić information content (AvgIpc) is 2.67. The van der Waals surface area contributed by atoms with Crippen molar-refractivity contribution in [3.63, 3.8) is 0 Å². The van der Waals surface area contributed by atoms with Crippen LogP contribution >= 0.6 is 0 Å². The second kappa shape index (κ2) is 6.53. The van der Waals surface area contributed by atoms with E-state index in [0.29, 0.717) is 54.7 Å². The Bertz CT molecular complexity index is 897. The van der Waals surface area contributed by atoms with Crippen LogP contribution in [0.5, 0.6) is 0 Å². The van der Waals surface area contributed by atoms with Crippen molar-refractivity contribution in [3.05, 3.63) is 70.0 Å². The van der Waals surface area contributed by atoms with Gasteiger partial charge in [-0.1, -0.05) is 24.3 Å². The second-order valence-corrected chi connectivity index (χ2v) is 6.67. The van der Waals surface area contributed by atoms with Crippen LogP contribution in [0.4, 0.5) is 4.39 Å². The molecule has 134 valence electrons. The molecule has 2 aliphatic rings. The zero-order chi connectivity index (χ0) is 18.3. The van der Waals surface area contributed by atoms with Crippen LogP contribution in [0.25, 0.3) is 0 Å². The first-order chi connectivity index (χ1) is 12.6. The Hall–Kier alpha value is -2.73. The number of benzene rings is 2. The van der Waals surface area contributed by atoms with Crippen molar-refractivity contribution in [3.8, 4) is 0 Å². The molecule has 0 fully saturated rings. The molecule has 2 N–H and O–H groups in total. The quantitative estimate of drug-likeness (QED) is 0.868. The third-order valence-electron chi connectivity index (χ3n) is 5.24. The normalized spacial score (nSPS) is 18.8. The van der Waals surface area contributed by atoms with E-state index in [2.05, 4.69) is 5.32 Å². The van der Waals surface area contributed by atoms with Crippen molar-refractivity contribution >= 4 is 11.9 Å². The molecule has 0 aliphatic carbocycles. The van der Waals surface area contributed by atoms with Crippen molar-refractivity contribution in [1.29, 1.82) is 0 Å². The molecule has 0 saturated heterocycles. The summed E-state index contributed by atoms with van der Waals surface area (Å²) in [4.78, 5) is 26.6. The van der Waals surface area contributed by atoms with E-state index >= 15 is 0 Å². The van der Waals surface area contributed by atoms with Gasteiger partial charge in [0, 0.05) is 24.2 Å². The third kappa shape index (κ3) is 2.66. The zero-order valence-corrected chi connectivity index (χ0v) is 14.2. The molecule has 0 radical (unpaired) electrons. The van der Waals surface area contributed by atoms with Gasteiger partial charge in [0.15, 0.2) is 6.04 Å². The van der Waals surface area contributed by atoms with Crippen molar-refractivity contribution in [2.45, 2.75) is 25.4 Å². The Labute approximate surface area is 150 Å². The van der Waals surface area contributed by atoms with E-state index in [-0.39, 0.29) is 11.7 Å². The number of fused-ring (bicyclic) bond motifs is 2. The highest BCUT2D eigenvalue weighted by molar-refractivity contribution is 5.98. The molecule has 6 heteroatoms. The number of hydrogen-bond acceptors (Lipinski definition) is 3. The topological polar surface area (TPSA) is 69.6 Å². The summed E-state index contributed by atoms with van der Waals surface area (Å²) in [6.07, 6.45) is 1.16. The van der Waals surface area contributed by atoms with Gasteiger partial charge in [-0.3, -0.25) is 4.79 Å². The van der Waals surface area contributed by atoms with Gasteiger partial charge in [0.05, 0.1) is 0 Å². The van der Waals surface area contributed by atoms with Crippen LogP contribution in [0.3, 0.4) is 0 Å². The molecule has 0 saturated carbocycles. The number of amides is 1. The van der Waals surface area contributed by atoms with Gasteiger partial charge in [0.1, 0.15) is 5.82 Å². The van der Waals surface area contributed by atoms with Crippen molar-refractivity contribution < 1.29 is 19.1 Å². The van der Waals surface area contributed by atoms with Crippen LogP contribution in [0.1, 0.15) is 38.7 Å². The van der Waals surface area contributed by atoms with Crippen LogP contribution < -0.4 is 5.32 Å². The maximum Gasteiger partial charge on any atom is 0.331 e. The van der Waals surface area contributed by atoms with Gasteiger partial charge in [0.25, 0.3) is 5.91 Å². The second-order valence-electron chi connectivity index (χ2n) is 6.67. The molecule has 1 amide bonds. The lowest BCUT2D eigenvalue weighted by Gasteiger charge is -2.35. The summed E-state index contributed by atoms with van der Waals surface area (Å²) in [5, 5.41) is 12.9. The Morgan fingerprint density at radius 1 is 1.12 bits per heavy atom. The van der Waals surface area contributed by atoms with Gasteiger partial charge in [-0.25, -0.2) is 9.18 Å². The smallest absolute Gasteiger partial charge is 0.331 e. The lowest BCUT2D eigenvalue weighted by Crippen LogP contribution is -2.44. The van der Waals surface area contributed by atoms with Crippen LogP contribution in [0.15, 0.2) is 36.4 Å². The predicted molar refractivity (Wildman–Crippen MR) is 93.4 cm³/mol. The molecular weight excluding hydrogens is 335 g/mol. The number of carboxylic acids is 1. The van der Waals surface area contributed by atoms with Gasteiger partial charge in [-0.15, -0.1) is 0 Å². The highest BCUT2D eigenvalue weighted by Gasteiger charge is 2.37. The van der Waals surface area contributed by atoms with Gasteiger partial charge in [-0.2, -0.15) is 0 Å². The van der Waals surface area contributed by atoms with Gasteiger partial charge < -0.3 is 15.3 Å². The van der Waals surface area contributed by atoms with E-state index in [4.69, 9.17) is 0 Å². The van der Waals surface area contributed by atoms with Crippen LogP contribution in [-0.2, 0) is 24.2 Å². The van der Waals surface area contributed by atoms with Crippen molar-refractivity contribution in [2.75, 3.05) is 13.1 Å². The van der Waals surface area contributed by atoms with E-state index < -0.39 is 12.0 Å². The molecule has 0 spiro atoms. The maximum atomic E-state index is 14.1. The van der Waals surface area contributed by atoms with Crippen LogP contribution in [-0.4, -0.2) is 35.0 Å². The first-order valence-electron chi connectivity index (χ1n) is 8.70. The van der Waals surface area contributed by atoms with Crippen LogP contribution in [0.2, 0.25) is 0 Å². The molecular formula is C20H19FN2O3. The fraction of sp³-hybridized carbons (Fsp3) is 0.300. The largest absolute Gasteiger partial charge is 0.479 e. The minimum atomic E-state index is -1.05. The molecule has 2 aromatic carbocycles. The minimum absolute atomic E-state index is 0.331. The number of hydrogen-bond donors (Lipinski definition) is 2. The first kappa shape index (κ1) is 16.7. The lowest BCUT2D eigenvalue weighted by atomic mass is 9.90. The number of rotatable bonds is 2. The fourth-order valence-electron chi connectivity index (χ4n) is 3.97. The highest BCUT2D eigenvalue weighted by Crippen LogP contribution is 2.32. The Morgan fingerprint density at radius 3 is 2.73 bits per heavy atom. The molecule has 26 heavy (non-hydrogen) atoms.